The third-order valence-electron chi connectivity index (χ3n) is 8.68. The molecule has 0 saturated carbocycles. The van der Waals surface area contributed by atoms with Crippen molar-refractivity contribution in [2.24, 2.45) is 0 Å². The smallest absolute Gasteiger partial charge is 0.273 e. The largest absolute Gasteiger partial charge is 0.319 e. The molecule has 2 aliphatic rings. The van der Waals surface area contributed by atoms with Crippen LogP contribution >= 0.6 is 0 Å². The maximum atomic E-state index is 9.66. The van der Waals surface area contributed by atoms with Crippen molar-refractivity contribution in [2.45, 2.75) is 33.1 Å². The Labute approximate surface area is 301 Å². The van der Waals surface area contributed by atoms with Crippen molar-refractivity contribution in [1.29, 1.82) is 0 Å². The van der Waals surface area contributed by atoms with Crippen molar-refractivity contribution in [3.63, 3.8) is 0 Å². The second-order valence-corrected chi connectivity index (χ2v) is 12.7. The molecule has 0 fully saturated rings. The van der Waals surface area contributed by atoms with Crippen molar-refractivity contribution in [3.8, 4) is 5.69 Å². The van der Waals surface area contributed by atoms with Gasteiger partial charge in [0.25, 0.3) is 6.71 Å². The molecule has 47 heavy (non-hydrogen) atoms. The highest BCUT2D eigenvalue weighted by molar-refractivity contribution is 7.00. The first-order valence-electron chi connectivity index (χ1n) is 23.7. The van der Waals surface area contributed by atoms with Crippen LogP contribution in [-0.2, 0) is 5.41 Å². The number of anilines is 6. The molecule has 9 rings (SSSR count). The van der Waals surface area contributed by atoms with Crippen LogP contribution in [0, 0.1) is 6.92 Å². The highest BCUT2D eigenvalue weighted by Gasteiger charge is 2.46. The van der Waals surface area contributed by atoms with E-state index in [2.05, 4.69) is 0 Å². The number of fused-ring (bicyclic) bond motifs is 6. The van der Waals surface area contributed by atoms with Gasteiger partial charge in [-0.3, -0.25) is 0 Å². The molecule has 7 aromatic rings. The van der Waals surface area contributed by atoms with Crippen molar-refractivity contribution in [2.75, 3.05) is 9.80 Å². The van der Waals surface area contributed by atoms with Crippen LogP contribution in [0.15, 0.2) is 145 Å². The minimum atomic E-state index is -1.31. The molecule has 0 unspecified atom stereocenters. The van der Waals surface area contributed by atoms with Gasteiger partial charge in [-0.25, -0.2) is 0 Å². The number of aromatic nitrogens is 1. The summed E-state index contributed by atoms with van der Waals surface area (Å²) < 4.78 is 158. The van der Waals surface area contributed by atoms with Gasteiger partial charge in [0.1, 0.15) is 0 Å². The first-order valence-corrected chi connectivity index (χ1v) is 15.2. The molecule has 6 aromatic carbocycles. The van der Waals surface area contributed by atoms with Crippen molar-refractivity contribution in [1.82, 2.24) is 4.57 Å². The average Bonchev–Trinajstić information content (AvgIpc) is 3.61. The molecule has 0 aliphatic carbocycles. The maximum Gasteiger partial charge on any atom is 0.273 e. The summed E-state index contributed by atoms with van der Waals surface area (Å²) in [6.07, 6.45) is 0. The molecule has 0 saturated heterocycles. The molecule has 3 nitrogen and oxygen atoms in total. The van der Waals surface area contributed by atoms with E-state index in [-0.39, 0.29) is 73.5 Å². The number of hydrogen-bond donors (Lipinski definition) is 0. The van der Waals surface area contributed by atoms with Gasteiger partial charge in [0.05, 0.1) is 34.5 Å². The Morgan fingerprint density at radius 3 is 2.00 bits per heavy atom. The summed E-state index contributed by atoms with van der Waals surface area (Å²) in [7, 11) is 0. The zero-order valence-corrected chi connectivity index (χ0v) is 26.0. The number of para-hydroxylation sites is 4. The molecule has 226 valence electrons. The number of hydrogen-bond acceptors (Lipinski definition) is 2. The second kappa shape index (κ2) is 10.3. The summed E-state index contributed by atoms with van der Waals surface area (Å²) in [5.74, 6) is 0. The van der Waals surface area contributed by atoms with E-state index < -0.39 is 108 Å². The van der Waals surface area contributed by atoms with Gasteiger partial charge >= 0.3 is 0 Å². The zero-order valence-electron chi connectivity index (χ0n) is 43.0. The van der Waals surface area contributed by atoms with E-state index in [1.54, 1.807) is 74.7 Å². The Bertz CT molecular complexity index is 3210. The fraction of sp³-hybridized carbons (Fsp3) is 0.116. The lowest BCUT2D eigenvalue weighted by atomic mass is 9.35. The molecule has 0 bridgehead atoms. The van der Waals surface area contributed by atoms with E-state index in [4.69, 9.17) is 9.60 Å². The zero-order chi connectivity index (χ0) is 46.7. The summed E-state index contributed by atoms with van der Waals surface area (Å²) in [5.41, 5.74) is -0.491. The minimum Gasteiger partial charge on any atom is -0.319 e. The van der Waals surface area contributed by atoms with E-state index >= 15 is 0 Å². The predicted molar refractivity (Wildman–Crippen MR) is 201 cm³/mol. The van der Waals surface area contributed by atoms with E-state index in [0.29, 0.717) is 11.3 Å². The molecule has 2 aliphatic heterocycles. The van der Waals surface area contributed by atoms with Gasteiger partial charge in [-0.15, -0.1) is 0 Å². The van der Waals surface area contributed by atoms with E-state index in [9.17, 15) is 13.7 Å². The fourth-order valence-electron chi connectivity index (χ4n) is 6.73. The average molecular weight is 623 g/mol. The molecule has 0 atom stereocenters. The summed E-state index contributed by atoms with van der Waals surface area (Å²) in [6.45, 7) is 5.65. The first kappa shape index (κ1) is 15.4. The lowest BCUT2D eigenvalue weighted by molar-refractivity contribution is 0.590. The lowest BCUT2D eigenvalue weighted by Gasteiger charge is -2.44. The molecule has 1 aromatic heterocycles. The van der Waals surface area contributed by atoms with Crippen LogP contribution in [-0.4, -0.2) is 11.3 Å². The standard InChI is InChI=1S/C43H36BN3/c1-29-27-38-40-39(28-29)46(33-25-23-30(24-26-33)43(2,3)4)41-34-19-11-13-21-36(34)47(32-17-9-6-10-18-32)42(41)44(40)35-20-12-14-22-37(35)45(38)31-15-7-5-8-16-31/h5-28H,1-4H3/i5D,7D,8D,11D,12D,13D,14D,15D,16D,19D,20D,21D,22D,23D,24D,25D,26D. The van der Waals surface area contributed by atoms with Crippen LogP contribution in [0.2, 0.25) is 0 Å². The van der Waals surface area contributed by atoms with Crippen LogP contribution in [0.5, 0.6) is 0 Å². The molecule has 4 heteroatoms. The normalized spacial score (nSPS) is 18.5. The highest BCUT2D eigenvalue weighted by Crippen LogP contribution is 2.47. The Kier molecular flexibility index (Phi) is 3.37. The number of nitrogens with zero attached hydrogens (tertiary/aromatic N) is 3. The van der Waals surface area contributed by atoms with E-state index in [1.165, 1.54) is 9.80 Å². The number of aryl methyl sites for hydroxylation is 1. The third-order valence-corrected chi connectivity index (χ3v) is 8.68. The van der Waals surface area contributed by atoms with Gasteiger partial charge < -0.3 is 14.4 Å². The first-order chi connectivity index (χ1) is 30.0. The van der Waals surface area contributed by atoms with Crippen molar-refractivity contribution in [3.05, 3.63) is 156 Å². The molecule has 0 radical (unpaired) electrons. The van der Waals surface area contributed by atoms with Crippen LogP contribution in [0.25, 0.3) is 16.6 Å². The molecule has 0 amide bonds. The van der Waals surface area contributed by atoms with Gasteiger partial charge in [-0.1, -0.05) is 105 Å². The van der Waals surface area contributed by atoms with Crippen LogP contribution in [0.3, 0.4) is 0 Å². The number of benzene rings is 6. The monoisotopic (exact) mass is 622 g/mol. The maximum absolute atomic E-state index is 9.66. The van der Waals surface area contributed by atoms with Crippen LogP contribution in [0.1, 0.15) is 55.2 Å². The Morgan fingerprint density at radius 2 is 1.26 bits per heavy atom. The third kappa shape index (κ3) is 4.14. The molecular weight excluding hydrogens is 569 g/mol. The van der Waals surface area contributed by atoms with E-state index in [0.717, 1.165) is 0 Å². The fourth-order valence-corrected chi connectivity index (χ4v) is 6.73. The second-order valence-electron chi connectivity index (χ2n) is 12.7. The van der Waals surface area contributed by atoms with Gasteiger partial charge in [0, 0.05) is 45.1 Å². The minimum absolute atomic E-state index is 0.00108. The Hall–Kier alpha value is -5.48. The SMILES string of the molecule is [2H]c1c([2H])c([2H])c(N2c3cc(C)cc4c3B(c3c([2H])c([2H])c([2H])c([2H])c32)c2c(c3c([2H])c([2H])c([2H])c([2H])c3n2-c2ccccc2)N4c2c([2H])c([2H])c(C(C)(C)C)c([2H])c2[2H])c([2H])c1[2H]. The topological polar surface area (TPSA) is 11.4 Å². The lowest BCUT2D eigenvalue weighted by Crippen LogP contribution is -2.62. The van der Waals surface area contributed by atoms with E-state index in [1.807, 2.05) is 0 Å². The van der Waals surface area contributed by atoms with Crippen LogP contribution < -0.4 is 26.3 Å². The Balaban J connectivity index is 1.61. The summed E-state index contributed by atoms with van der Waals surface area (Å²) in [5, 5.41) is -0.0780. The van der Waals surface area contributed by atoms with Gasteiger partial charge in [0.15, 0.2) is 0 Å². The quantitative estimate of drug-likeness (QED) is 0.182. The van der Waals surface area contributed by atoms with Crippen LogP contribution in [0.4, 0.5) is 34.1 Å². The van der Waals surface area contributed by atoms with Gasteiger partial charge in [-0.05, 0) is 94.9 Å². The highest BCUT2D eigenvalue weighted by atomic mass is 15.2. The summed E-state index contributed by atoms with van der Waals surface area (Å²) in [6, 6.07) is 2.02. The van der Waals surface area contributed by atoms with Crippen molar-refractivity contribution < 1.29 is 23.3 Å². The predicted octanol–water partition coefficient (Wildman–Crippen LogP) is 9.32. The van der Waals surface area contributed by atoms with Crippen molar-refractivity contribution >= 4 is 68.3 Å². The molecular formula is C43H36BN3. The Morgan fingerprint density at radius 1 is 0.617 bits per heavy atom. The summed E-state index contributed by atoms with van der Waals surface area (Å²) in [4.78, 5) is 2.64. The van der Waals surface area contributed by atoms with Gasteiger partial charge in [-0.2, -0.15) is 0 Å². The molecule has 0 N–H and O–H groups in total. The summed E-state index contributed by atoms with van der Waals surface area (Å²) >= 11 is 0. The number of rotatable bonds is 3. The molecule has 0 spiro atoms. The van der Waals surface area contributed by atoms with Gasteiger partial charge in [0.2, 0.25) is 0 Å². The molecule has 3 heterocycles.